The van der Waals surface area contributed by atoms with Crippen molar-refractivity contribution in [2.24, 2.45) is 11.8 Å². The Balaban J connectivity index is 1.44. The standard InChI is InChI=1S/C36H42N2O5/c1-7-15-37-16-14-36-27-11-12-28(38(20-21(2)3)32(41)13-10-25-9-8-22(4)23(5)17-25)35(36)43-34-30(40)19-31(42-24(6)39)26(33(34)36)18-29(27)37/h7-9,17,19,21,27-29,35,40H,1,11-12,14-16,18,20H2,2-6H3/t27-,28-,29+,35-,36-/m0/s1. The molecule has 0 unspecified atom stereocenters. The largest absolute Gasteiger partial charge is 0.504 e. The third kappa shape index (κ3) is 4.80. The first-order valence-corrected chi connectivity index (χ1v) is 15.5. The number of aryl methyl sites for hydroxylation is 2. The van der Waals surface area contributed by atoms with Crippen LogP contribution in [0.1, 0.15) is 67.9 Å². The molecular formula is C36H42N2O5. The zero-order valence-corrected chi connectivity index (χ0v) is 25.9. The average Bonchev–Trinajstić information content (AvgIpc) is 3.30. The predicted octanol–water partition coefficient (Wildman–Crippen LogP) is 5.06. The Morgan fingerprint density at radius 1 is 1.26 bits per heavy atom. The molecule has 2 heterocycles. The molecule has 2 fully saturated rings. The van der Waals surface area contributed by atoms with E-state index in [1.54, 1.807) is 0 Å². The first kappa shape index (κ1) is 29.3. The minimum absolute atomic E-state index is 0.0143. The maximum Gasteiger partial charge on any atom is 0.308 e. The van der Waals surface area contributed by atoms with Gasteiger partial charge in [-0.15, -0.1) is 6.58 Å². The van der Waals surface area contributed by atoms with Crippen molar-refractivity contribution in [3.63, 3.8) is 0 Å². The molecule has 1 saturated heterocycles. The number of rotatable bonds is 6. The molecule has 5 atom stereocenters. The van der Waals surface area contributed by atoms with Crippen molar-refractivity contribution in [1.82, 2.24) is 9.80 Å². The van der Waals surface area contributed by atoms with Gasteiger partial charge < -0.3 is 19.5 Å². The molecule has 1 spiro atoms. The highest BCUT2D eigenvalue weighted by molar-refractivity contribution is 5.94. The zero-order chi connectivity index (χ0) is 30.6. The van der Waals surface area contributed by atoms with Gasteiger partial charge in [0.05, 0.1) is 6.04 Å². The van der Waals surface area contributed by atoms with E-state index in [1.165, 1.54) is 18.6 Å². The lowest BCUT2D eigenvalue weighted by Crippen LogP contribution is -2.69. The summed E-state index contributed by atoms with van der Waals surface area (Å²) in [4.78, 5) is 30.5. The summed E-state index contributed by atoms with van der Waals surface area (Å²) in [6.45, 7) is 15.9. The molecule has 43 heavy (non-hydrogen) atoms. The third-order valence-electron chi connectivity index (χ3n) is 10.1. The molecule has 2 aromatic rings. The smallest absolute Gasteiger partial charge is 0.308 e. The first-order chi connectivity index (χ1) is 20.5. The number of esters is 1. The molecule has 7 nitrogen and oxygen atoms in total. The van der Waals surface area contributed by atoms with Crippen LogP contribution in [0.2, 0.25) is 0 Å². The molecule has 1 saturated carbocycles. The molecule has 2 aliphatic heterocycles. The highest BCUT2D eigenvalue weighted by Gasteiger charge is 2.67. The summed E-state index contributed by atoms with van der Waals surface area (Å²) >= 11 is 0. The van der Waals surface area contributed by atoms with Crippen LogP contribution in [-0.2, 0) is 21.4 Å². The quantitative estimate of drug-likeness (QED) is 0.222. The van der Waals surface area contributed by atoms with Gasteiger partial charge >= 0.3 is 5.97 Å². The lowest BCUT2D eigenvalue weighted by molar-refractivity contribution is -0.137. The molecule has 4 aliphatic rings. The van der Waals surface area contributed by atoms with Gasteiger partial charge in [0.25, 0.3) is 5.91 Å². The third-order valence-corrected chi connectivity index (χ3v) is 10.1. The van der Waals surface area contributed by atoms with E-state index in [2.05, 4.69) is 51.0 Å². The Kier molecular flexibility index (Phi) is 7.54. The van der Waals surface area contributed by atoms with Crippen molar-refractivity contribution in [2.45, 2.75) is 83.9 Å². The van der Waals surface area contributed by atoms with E-state index in [-0.39, 0.29) is 41.7 Å². The van der Waals surface area contributed by atoms with Gasteiger partial charge in [0.2, 0.25) is 0 Å². The minimum Gasteiger partial charge on any atom is -0.504 e. The van der Waals surface area contributed by atoms with Crippen LogP contribution in [0.4, 0.5) is 0 Å². The summed E-state index contributed by atoms with van der Waals surface area (Å²) < 4.78 is 12.5. The molecule has 226 valence electrons. The number of phenols is 1. The van der Waals surface area contributed by atoms with Crippen molar-refractivity contribution in [3.05, 3.63) is 64.7 Å². The van der Waals surface area contributed by atoms with Crippen molar-refractivity contribution < 1.29 is 24.2 Å². The zero-order valence-electron chi connectivity index (χ0n) is 25.9. The van der Waals surface area contributed by atoms with Crippen molar-refractivity contribution >= 4 is 11.9 Å². The number of nitrogens with zero attached hydrogens (tertiary/aromatic N) is 2. The van der Waals surface area contributed by atoms with Crippen molar-refractivity contribution in [3.8, 4) is 29.1 Å². The van der Waals surface area contributed by atoms with Crippen LogP contribution in [-0.4, -0.2) is 64.6 Å². The molecule has 2 aromatic carbocycles. The lowest BCUT2D eigenvalue weighted by atomic mass is 9.50. The summed E-state index contributed by atoms with van der Waals surface area (Å²) in [6, 6.07) is 7.55. The van der Waals surface area contributed by atoms with Crippen LogP contribution >= 0.6 is 0 Å². The van der Waals surface area contributed by atoms with Gasteiger partial charge in [0, 0.05) is 60.1 Å². The van der Waals surface area contributed by atoms with Crippen LogP contribution in [0, 0.1) is 37.5 Å². The Morgan fingerprint density at radius 3 is 2.74 bits per heavy atom. The molecule has 0 aromatic heterocycles. The fourth-order valence-corrected chi connectivity index (χ4v) is 8.39. The number of carbonyl (C=O) groups is 2. The Bertz CT molecular complexity index is 1550. The summed E-state index contributed by atoms with van der Waals surface area (Å²) in [6.07, 6.45) is 4.87. The van der Waals surface area contributed by atoms with Gasteiger partial charge in [-0.1, -0.05) is 31.9 Å². The second-order valence-electron chi connectivity index (χ2n) is 13.2. The number of carbonyl (C=O) groups excluding carboxylic acids is 2. The van der Waals surface area contributed by atoms with Crippen LogP contribution in [0.25, 0.3) is 0 Å². The highest BCUT2D eigenvalue weighted by Crippen LogP contribution is 2.65. The molecule has 2 aliphatic carbocycles. The summed E-state index contributed by atoms with van der Waals surface area (Å²) in [5.41, 5.74) is 4.68. The summed E-state index contributed by atoms with van der Waals surface area (Å²) in [5, 5.41) is 11.2. The number of phenolic OH excluding ortho intramolecular Hbond substituents is 1. The maximum absolute atomic E-state index is 13.9. The van der Waals surface area contributed by atoms with Crippen LogP contribution in [0.15, 0.2) is 36.9 Å². The second-order valence-corrected chi connectivity index (χ2v) is 13.2. The van der Waals surface area contributed by atoms with Crippen molar-refractivity contribution in [2.75, 3.05) is 19.6 Å². The van der Waals surface area contributed by atoms with Gasteiger partial charge in [-0.25, -0.2) is 0 Å². The van der Waals surface area contributed by atoms with Crippen molar-refractivity contribution in [1.29, 1.82) is 0 Å². The van der Waals surface area contributed by atoms with E-state index in [1.807, 2.05) is 29.2 Å². The van der Waals surface area contributed by atoms with E-state index in [4.69, 9.17) is 9.47 Å². The van der Waals surface area contributed by atoms with Crippen LogP contribution in [0.3, 0.4) is 0 Å². The summed E-state index contributed by atoms with van der Waals surface area (Å²) in [7, 11) is 0. The SMILES string of the molecule is C=CCN1CC[C@]23c4c5c(OC(C)=O)cc(O)c4O[C@H]2[C@@H](N(CC(C)C)C(=O)C#Cc2ccc(C)c(C)c2)CC[C@H]3[C@H]1C5. The van der Waals surface area contributed by atoms with E-state index in [0.29, 0.717) is 24.5 Å². The van der Waals surface area contributed by atoms with Crippen LogP contribution in [0.5, 0.6) is 17.2 Å². The van der Waals surface area contributed by atoms with E-state index < -0.39 is 11.4 Å². The molecule has 1 amide bonds. The monoisotopic (exact) mass is 582 g/mol. The number of hydrogen-bond donors (Lipinski definition) is 1. The molecule has 6 rings (SSSR count). The first-order valence-electron chi connectivity index (χ1n) is 15.5. The molecule has 0 radical (unpaired) electrons. The van der Waals surface area contributed by atoms with E-state index >= 15 is 0 Å². The molecular weight excluding hydrogens is 540 g/mol. The van der Waals surface area contributed by atoms with Gasteiger partial charge in [-0.05, 0) is 81.2 Å². The number of piperidine rings is 1. The number of ether oxygens (including phenoxy) is 2. The fourth-order valence-electron chi connectivity index (χ4n) is 8.39. The minimum atomic E-state index is -0.420. The summed E-state index contributed by atoms with van der Waals surface area (Å²) in [5.74, 6) is 6.86. The average molecular weight is 583 g/mol. The number of amides is 1. The van der Waals surface area contributed by atoms with Crippen LogP contribution < -0.4 is 9.47 Å². The molecule has 7 heteroatoms. The maximum atomic E-state index is 13.9. The van der Waals surface area contributed by atoms with E-state index in [0.717, 1.165) is 54.6 Å². The number of hydrogen-bond acceptors (Lipinski definition) is 6. The normalized spacial score (nSPS) is 26.6. The number of benzene rings is 2. The van der Waals surface area contributed by atoms with Gasteiger partial charge in [0.1, 0.15) is 11.9 Å². The number of likely N-dealkylation sites (tertiary alicyclic amines) is 1. The van der Waals surface area contributed by atoms with Gasteiger partial charge in [-0.2, -0.15) is 0 Å². The van der Waals surface area contributed by atoms with E-state index in [9.17, 15) is 14.7 Å². The van der Waals surface area contributed by atoms with Gasteiger partial charge in [-0.3, -0.25) is 14.5 Å². The highest BCUT2D eigenvalue weighted by atomic mass is 16.5. The predicted molar refractivity (Wildman–Crippen MR) is 165 cm³/mol. The second kappa shape index (κ2) is 11.1. The Morgan fingerprint density at radius 2 is 2.05 bits per heavy atom. The lowest BCUT2D eigenvalue weighted by Gasteiger charge is -2.60. The topological polar surface area (TPSA) is 79.3 Å². The van der Waals surface area contributed by atoms with Gasteiger partial charge in [0.15, 0.2) is 11.5 Å². The Hall–Kier alpha value is -3.76. The molecule has 1 N–H and O–H groups in total. The number of aromatic hydroxyl groups is 1. The fraction of sp³-hybridized carbons (Fsp3) is 0.500. The Labute approximate surface area is 254 Å². The molecule has 2 bridgehead atoms.